The van der Waals surface area contributed by atoms with Gasteiger partial charge in [-0.1, -0.05) is 74.1 Å². The molecule has 0 saturated heterocycles. The molecule has 5 aromatic carbocycles. The number of ether oxygens (including phenoxy) is 6. The predicted octanol–water partition coefficient (Wildman–Crippen LogP) is 15.3. The summed E-state index contributed by atoms with van der Waals surface area (Å²) in [5.74, 6) is -0.705. The van der Waals surface area contributed by atoms with Crippen LogP contribution in [0.3, 0.4) is 0 Å². The Hall–Kier alpha value is -9.99. The summed E-state index contributed by atoms with van der Waals surface area (Å²) < 4.78 is 86.5. The average molecular weight is 1830 g/mol. The largest absolute Gasteiger partial charge is 0.484 e. The Labute approximate surface area is 741 Å². The van der Waals surface area contributed by atoms with Crippen LogP contribution in [0.15, 0.2) is 126 Å². The second-order valence-electron chi connectivity index (χ2n) is 34.4. The number of hydrogen-bond acceptors (Lipinski definition) is 19. The number of H-pyrrole nitrogens is 1. The summed E-state index contributed by atoms with van der Waals surface area (Å²) in [6.45, 7) is 7.85. The Bertz CT molecular complexity index is 4880. The van der Waals surface area contributed by atoms with Gasteiger partial charge in [-0.05, 0) is 219 Å². The zero-order valence-electron chi connectivity index (χ0n) is 68.5. The number of nitrogens with one attached hydrogen (secondary N) is 9. The number of carbonyl (C=O) groups is 8. The van der Waals surface area contributed by atoms with E-state index in [1.807, 2.05) is 0 Å². The Morgan fingerprint density at radius 3 is 1.08 bits per heavy atom. The molecular formula is C88H96Cl4F4N12O14S2. The van der Waals surface area contributed by atoms with Crippen LogP contribution in [0.1, 0.15) is 197 Å². The van der Waals surface area contributed by atoms with E-state index >= 15 is 0 Å². The van der Waals surface area contributed by atoms with Crippen LogP contribution >= 0.6 is 69.1 Å². The summed E-state index contributed by atoms with van der Waals surface area (Å²) in [6, 6.07) is 21.5. The van der Waals surface area contributed by atoms with Crippen LogP contribution in [0, 0.1) is 46.9 Å². The van der Waals surface area contributed by atoms with Gasteiger partial charge in [0.05, 0.1) is 49.1 Å². The van der Waals surface area contributed by atoms with Crippen molar-refractivity contribution in [1.82, 2.24) is 62.7 Å². The number of hydrogen-bond donors (Lipinski definition) is 9. The standard InChI is InChI=1S/C25H26ClFN2O5.C21H24ClFN4O3.2C21H23ClFN3O3S/c1-15-12-24(28-22(30)13-32-17-3-4-18(26)19(27)11-17)6-8-25(15,9-7-24)29-23(31)16-2-5-20-21(10-16)34-14-33-20;1-13-9-20(26-18(28)12-30-15-2-3-16(22)17(23)8-15)4-6-21(13,7-5-20)27-19(29)14-10-24-25-11-14;1-13-9-20(25-18(27)10-29-14-2-3-15(22)16(23)8-14)4-6-21(13,7-5-20)26-19(28)17-11-30-12-24-17;1-13-9-20(25-18(27)11-29-14-2-3-15(22)16(23)8-14)4-6-21(13,7-5-20)26-19(28)17-10-24-12-30-17/h2-5,10-11,15H,6-9,12-14H2,1H3,(H,28,30)(H,29,31);2-3,8,10-11,13H,4-7,9,12H2,1H3,(H,24,25)(H,26,28)(H,27,29);2-3,8,11-13H,4-7,9-10H2,1H3,(H,25,27)(H,26,28);2-3,8,10,12-13H,4-7,9,11H2,1H3,(H,25,27)(H,26,28). The number of carbonyl (C=O) groups excluding carboxylic acids is 8. The molecule has 21 rings (SSSR count). The normalized spacial score (nSPS) is 27.3. The molecule has 660 valence electrons. The molecule has 8 amide bonds. The third kappa shape index (κ3) is 20.7. The van der Waals surface area contributed by atoms with Crippen molar-refractivity contribution in [3.05, 3.63) is 191 Å². The maximum Gasteiger partial charge on any atom is 0.271 e. The number of halogens is 8. The van der Waals surface area contributed by atoms with Crippen molar-refractivity contribution in [2.75, 3.05) is 33.2 Å². The summed E-state index contributed by atoms with van der Waals surface area (Å²) in [5.41, 5.74) is 2.53. The second-order valence-corrected chi connectivity index (χ2v) is 37.7. The Morgan fingerprint density at radius 2 is 0.766 bits per heavy atom. The molecule has 0 spiro atoms. The van der Waals surface area contributed by atoms with Crippen molar-refractivity contribution in [3.63, 3.8) is 0 Å². The average Bonchev–Trinajstić information content (AvgIpc) is 1.29. The van der Waals surface area contributed by atoms with Gasteiger partial charge in [-0.3, -0.25) is 48.4 Å². The smallest absolute Gasteiger partial charge is 0.271 e. The van der Waals surface area contributed by atoms with E-state index in [4.69, 9.17) is 74.8 Å². The number of fused-ring (bicyclic) bond motifs is 13. The lowest BCUT2D eigenvalue weighted by molar-refractivity contribution is -0.128. The number of aromatic amines is 1. The third-order valence-corrected chi connectivity index (χ3v) is 29.4. The fraction of sp³-hybridized carbons (Fsp3) is 0.466. The van der Waals surface area contributed by atoms with Gasteiger partial charge in [0.25, 0.3) is 47.3 Å². The molecule has 26 nitrogen and oxygen atoms in total. The molecule has 36 heteroatoms. The van der Waals surface area contributed by atoms with Crippen LogP contribution < -0.4 is 71.0 Å². The number of benzene rings is 5. The van der Waals surface area contributed by atoms with Crippen molar-refractivity contribution in [2.24, 2.45) is 23.7 Å². The first-order chi connectivity index (χ1) is 59.2. The highest BCUT2D eigenvalue weighted by molar-refractivity contribution is 7.11. The summed E-state index contributed by atoms with van der Waals surface area (Å²) in [6.07, 6.45) is 20.4. The maximum absolute atomic E-state index is 13.6. The second kappa shape index (κ2) is 37.7. The van der Waals surface area contributed by atoms with E-state index in [1.54, 1.807) is 47.0 Å². The Kier molecular flexibility index (Phi) is 27.4. The van der Waals surface area contributed by atoms with Crippen LogP contribution in [0.5, 0.6) is 34.5 Å². The van der Waals surface area contributed by atoms with Gasteiger partial charge in [-0.15, -0.1) is 22.7 Å². The molecule has 0 radical (unpaired) electrons. The van der Waals surface area contributed by atoms with Gasteiger partial charge in [0.2, 0.25) is 6.79 Å². The fourth-order valence-corrected chi connectivity index (χ4v) is 21.3. The lowest BCUT2D eigenvalue weighted by Crippen LogP contribution is -2.67. The highest BCUT2D eigenvalue weighted by atomic mass is 35.5. The zero-order chi connectivity index (χ0) is 88.0. The van der Waals surface area contributed by atoms with E-state index in [-0.39, 0.29) is 192 Å². The molecule has 3 aromatic heterocycles. The predicted molar refractivity (Wildman–Crippen MR) is 456 cm³/mol. The molecule has 9 N–H and O–H groups in total. The first kappa shape index (κ1) is 90.3. The van der Waals surface area contributed by atoms with Gasteiger partial charge in [-0.2, -0.15) is 5.10 Å². The minimum absolute atomic E-state index is 0.00295. The van der Waals surface area contributed by atoms with Crippen molar-refractivity contribution in [1.29, 1.82) is 0 Å². The highest BCUT2D eigenvalue weighted by Gasteiger charge is 2.58. The van der Waals surface area contributed by atoms with Gasteiger partial charge >= 0.3 is 0 Å². The Morgan fingerprint density at radius 1 is 0.419 bits per heavy atom. The van der Waals surface area contributed by atoms with Gasteiger partial charge in [0.15, 0.2) is 37.9 Å². The number of rotatable bonds is 24. The van der Waals surface area contributed by atoms with Crippen molar-refractivity contribution in [2.45, 2.75) is 200 Å². The molecule has 124 heavy (non-hydrogen) atoms. The molecule has 12 fully saturated rings. The molecule has 13 aliphatic rings. The summed E-state index contributed by atoms with van der Waals surface area (Å²) >= 11 is 25.4. The molecular weight excluding hydrogens is 1730 g/mol. The molecule has 12 saturated carbocycles. The number of thiazole rings is 2. The van der Waals surface area contributed by atoms with Crippen LogP contribution in [0.4, 0.5) is 17.6 Å². The van der Waals surface area contributed by atoms with E-state index in [0.717, 1.165) is 153 Å². The SMILES string of the molecule is CC1CC2(NC(=O)COc3ccc(Cl)c(F)c3)CCC1(NC(=O)c1ccc3c(c1)OCO3)CC2.CC1CC2(NC(=O)COc3ccc(Cl)c(F)c3)CCC1(NC(=O)c1cn[nH]c1)CC2.CC1CC2(NC(=O)COc3ccc(Cl)c(F)c3)CCC1(NC(=O)c1cncs1)CC2.CC1CC2(NC(=O)COc3ccc(Cl)c(F)c3)CCC1(NC(=O)c1cscn1)CC2. The monoisotopic (exact) mass is 1820 g/mol. The molecule has 1 aliphatic heterocycles. The fourth-order valence-electron chi connectivity index (χ4n) is 19.7. The summed E-state index contributed by atoms with van der Waals surface area (Å²) in [5, 5.41) is 33.8. The molecule has 4 unspecified atom stereocenters. The van der Waals surface area contributed by atoms with Crippen LogP contribution in [0.25, 0.3) is 0 Å². The lowest BCUT2D eigenvalue weighted by Gasteiger charge is -2.57. The summed E-state index contributed by atoms with van der Waals surface area (Å²) in [7, 11) is 0. The van der Waals surface area contributed by atoms with Gasteiger partial charge in [0, 0.05) is 85.7 Å². The quantitative estimate of drug-likeness (QED) is 0.0254. The molecule has 8 bridgehead atoms. The lowest BCUT2D eigenvalue weighted by atomic mass is 9.56. The van der Waals surface area contributed by atoms with E-state index in [1.165, 1.54) is 77.4 Å². The number of amides is 8. The number of nitrogens with zero attached hydrogens (tertiary/aromatic N) is 3. The molecule has 4 atom stereocenters. The van der Waals surface area contributed by atoms with Gasteiger partial charge in [0.1, 0.15) is 56.8 Å². The van der Waals surface area contributed by atoms with Crippen molar-refractivity contribution >= 4 is 116 Å². The highest BCUT2D eigenvalue weighted by Crippen LogP contribution is 2.55. The van der Waals surface area contributed by atoms with E-state index in [9.17, 15) is 55.9 Å². The molecule has 8 aromatic rings. The van der Waals surface area contributed by atoms with Crippen LogP contribution in [-0.4, -0.2) is 145 Å². The summed E-state index contributed by atoms with van der Waals surface area (Å²) in [4.78, 5) is 109. The Balaban J connectivity index is 0.000000135. The minimum Gasteiger partial charge on any atom is -0.484 e. The third-order valence-electron chi connectivity index (χ3n) is 26.8. The van der Waals surface area contributed by atoms with Crippen molar-refractivity contribution < 1.29 is 84.3 Å². The van der Waals surface area contributed by atoms with E-state index in [0.29, 0.717) is 33.2 Å². The molecule has 4 heterocycles. The maximum atomic E-state index is 13.6. The van der Waals surface area contributed by atoms with Gasteiger partial charge < -0.3 is 71.0 Å². The van der Waals surface area contributed by atoms with Crippen LogP contribution in [0.2, 0.25) is 20.1 Å². The first-order valence-electron chi connectivity index (χ1n) is 41.2. The van der Waals surface area contributed by atoms with E-state index in [2.05, 4.69) is 90.4 Å². The topological polar surface area (TPSA) is 343 Å². The molecule has 12 aliphatic carbocycles. The van der Waals surface area contributed by atoms with Crippen LogP contribution in [-0.2, 0) is 19.2 Å². The van der Waals surface area contributed by atoms with E-state index < -0.39 is 23.3 Å². The van der Waals surface area contributed by atoms with Gasteiger partial charge in [-0.25, -0.2) is 22.5 Å². The first-order valence-corrected chi connectivity index (χ1v) is 44.5. The zero-order valence-corrected chi connectivity index (χ0v) is 73.2. The minimum atomic E-state index is -0.592. The number of aromatic nitrogens is 4. The van der Waals surface area contributed by atoms with Crippen molar-refractivity contribution in [3.8, 4) is 34.5 Å².